The van der Waals surface area contributed by atoms with Gasteiger partial charge in [-0.15, -0.1) is 0 Å². The van der Waals surface area contributed by atoms with Gasteiger partial charge in [0, 0.05) is 0 Å². The van der Waals surface area contributed by atoms with Gasteiger partial charge in [-0.05, 0) is 47.4 Å². The molecule has 66 valence electrons. The molecular formula is C9H12BrNO. The van der Waals surface area contributed by atoms with E-state index in [0.717, 1.165) is 17.0 Å². The summed E-state index contributed by atoms with van der Waals surface area (Å²) in [6.07, 6.45) is 3.79. The number of furan rings is 1. The lowest BCUT2D eigenvalue weighted by molar-refractivity contribution is 0.344. The van der Waals surface area contributed by atoms with Gasteiger partial charge in [0.25, 0.3) is 0 Å². The van der Waals surface area contributed by atoms with Crippen molar-refractivity contribution in [3.8, 4) is 0 Å². The van der Waals surface area contributed by atoms with Gasteiger partial charge in [-0.25, -0.2) is 0 Å². The fraction of sp³-hybridized carbons (Fsp3) is 0.556. The van der Waals surface area contributed by atoms with E-state index in [9.17, 15) is 0 Å². The average molecular weight is 230 g/mol. The van der Waals surface area contributed by atoms with Gasteiger partial charge >= 0.3 is 0 Å². The lowest BCUT2D eigenvalue weighted by Crippen LogP contribution is -2.26. The quantitative estimate of drug-likeness (QED) is 0.802. The third-order valence-corrected chi connectivity index (χ3v) is 2.67. The number of halogens is 1. The summed E-state index contributed by atoms with van der Waals surface area (Å²) in [5, 5.41) is 3.43. The van der Waals surface area contributed by atoms with Gasteiger partial charge in [0.15, 0.2) is 4.67 Å². The molecule has 0 saturated carbocycles. The number of hydrogen-bond donors (Lipinski definition) is 1. The van der Waals surface area contributed by atoms with E-state index in [4.69, 9.17) is 4.42 Å². The third-order valence-electron chi connectivity index (χ3n) is 2.25. The molecule has 1 aliphatic rings. The zero-order valence-electron chi connectivity index (χ0n) is 6.85. The number of hydrogen-bond acceptors (Lipinski definition) is 2. The number of rotatable bonds is 1. The zero-order valence-corrected chi connectivity index (χ0v) is 8.43. The molecule has 2 heterocycles. The summed E-state index contributed by atoms with van der Waals surface area (Å²) < 4.78 is 6.30. The molecule has 1 saturated heterocycles. The molecular weight excluding hydrogens is 218 g/mol. The van der Waals surface area contributed by atoms with Crippen molar-refractivity contribution < 1.29 is 4.42 Å². The normalized spacial score (nSPS) is 24.2. The van der Waals surface area contributed by atoms with Gasteiger partial charge in [0.1, 0.15) is 5.76 Å². The molecule has 3 heteroatoms. The van der Waals surface area contributed by atoms with Crippen LogP contribution in [0.25, 0.3) is 0 Å². The maximum atomic E-state index is 5.48. The van der Waals surface area contributed by atoms with E-state index in [-0.39, 0.29) is 0 Å². The van der Waals surface area contributed by atoms with Crippen LogP contribution in [0.2, 0.25) is 0 Å². The Morgan fingerprint density at radius 3 is 2.92 bits per heavy atom. The van der Waals surface area contributed by atoms with Crippen molar-refractivity contribution in [2.75, 3.05) is 6.54 Å². The largest absolute Gasteiger partial charge is 0.453 e. The SMILES string of the molecule is Brc1ccc([C@H]2CCCCN2)o1. The maximum absolute atomic E-state index is 5.48. The Balaban J connectivity index is 2.08. The highest BCUT2D eigenvalue weighted by Gasteiger charge is 2.17. The molecule has 0 bridgehead atoms. The molecule has 0 spiro atoms. The summed E-state index contributed by atoms with van der Waals surface area (Å²) in [7, 11) is 0. The highest BCUT2D eigenvalue weighted by molar-refractivity contribution is 9.10. The van der Waals surface area contributed by atoms with Crippen LogP contribution in [0.4, 0.5) is 0 Å². The second-order valence-corrected chi connectivity index (χ2v) is 3.93. The minimum Gasteiger partial charge on any atom is -0.453 e. The predicted molar refractivity (Wildman–Crippen MR) is 51.0 cm³/mol. The Kier molecular flexibility index (Phi) is 2.51. The van der Waals surface area contributed by atoms with Gasteiger partial charge in [-0.3, -0.25) is 0 Å². The molecule has 1 aromatic heterocycles. The first kappa shape index (κ1) is 8.32. The first-order valence-electron chi connectivity index (χ1n) is 4.35. The van der Waals surface area contributed by atoms with Gasteiger partial charge < -0.3 is 9.73 Å². The molecule has 0 aliphatic carbocycles. The molecule has 0 amide bonds. The van der Waals surface area contributed by atoms with Crippen molar-refractivity contribution in [2.45, 2.75) is 25.3 Å². The van der Waals surface area contributed by atoms with E-state index in [0.29, 0.717) is 6.04 Å². The molecule has 0 radical (unpaired) electrons. The molecule has 1 atom stereocenters. The summed E-state index contributed by atoms with van der Waals surface area (Å²) in [5.41, 5.74) is 0. The van der Waals surface area contributed by atoms with Crippen molar-refractivity contribution in [2.24, 2.45) is 0 Å². The van der Waals surface area contributed by atoms with Crippen molar-refractivity contribution in [1.29, 1.82) is 0 Å². The zero-order chi connectivity index (χ0) is 8.39. The number of nitrogens with one attached hydrogen (secondary N) is 1. The van der Waals surface area contributed by atoms with Crippen LogP contribution in [0.1, 0.15) is 31.1 Å². The summed E-state index contributed by atoms with van der Waals surface area (Å²) in [6.45, 7) is 1.11. The van der Waals surface area contributed by atoms with Crippen LogP contribution in [0.5, 0.6) is 0 Å². The fourth-order valence-electron chi connectivity index (χ4n) is 1.61. The van der Waals surface area contributed by atoms with Gasteiger partial charge in [0.2, 0.25) is 0 Å². The van der Waals surface area contributed by atoms with E-state index in [1.54, 1.807) is 0 Å². The highest BCUT2D eigenvalue weighted by atomic mass is 79.9. The highest BCUT2D eigenvalue weighted by Crippen LogP contribution is 2.26. The molecule has 0 aromatic carbocycles. The Labute approximate surface area is 80.5 Å². The standard InChI is InChI=1S/C9H12BrNO/c10-9-5-4-8(12-9)7-3-1-2-6-11-7/h4-5,7,11H,1-3,6H2/t7-/m1/s1. The molecule has 1 N–H and O–H groups in total. The van der Waals surface area contributed by atoms with Gasteiger partial charge in [-0.2, -0.15) is 0 Å². The topological polar surface area (TPSA) is 25.2 Å². The second kappa shape index (κ2) is 3.62. The summed E-state index contributed by atoms with van der Waals surface area (Å²) >= 11 is 3.30. The minimum absolute atomic E-state index is 0.435. The Hall–Kier alpha value is -0.280. The second-order valence-electron chi connectivity index (χ2n) is 3.14. The van der Waals surface area contributed by atoms with Crippen molar-refractivity contribution in [3.05, 3.63) is 22.6 Å². The molecule has 1 fully saturated rings. The van der Waals surface area contributed by atoms with Crippen LogP contribution in [-0.2, 0) is 0 Å². The Morgan fingerprint density at radius 2 is 2.33 bits per heavy atom. The predicted octanol–water partition coefficient (Wildman–Crippen LogP) is 2.86. The summed E-state index contributed by atoms with van der Waals surface area (Å²) in [5.74, 6) is 1.06. The first-order chi connectivity index (χ1) is 5.86. The fourth-order valence-corrected chi connectivity index (χ4v) is 1.93. The van der Waals surface area contributed by atoms with E-state index in [1.807, 2.05) is 12.1 Å². The van der Waals surface area contributed by atoms with Crippen LogP contribution in [0.15, 0.2) is 21.2 Å². The van der Waals surface area contributed by atoms with Crippen molar-refractivity contribution in [3.63, 3.8) is 0 Å². The average Bonchev–Trinajstić information content (AvgIpc) is 2.54. The molecule has 1 aliphatic heterocycles. The Morgan fingerprint density at radius 1 is 1.42 bits per heavy atom. The maximum Gasteiger partial charge on any atom is 0.169 e. The molecule has 2 rings (SSSR count). The van der Waals surface area contributed by atoms with Crippen LogP contribution in [0.3, 0.4) is 0 Å². The lowest BCUT2D eigenvalue weighted by atomic mass is 10.0. The Bertz CT molecular complexity index is 253. The smallest absolute Gasteiger partial charge is 0.169 e. The molecule has 0 unspecified atom stereocenters. The molecule has 2 nitrogen and oxygen atoms in total. The van der Waals surface area contributed by atoms with Gasteiger partial charge in [0.05, 0.1) is 6.04 Å². The molecule has 1 aromatic rings. The minimum atomic E-state index is 0.435. The number of piperidine rings is 1. The van der Waals surface area contributed by atoms with E-state index >= 15 is 0 Å². The van der Waals surface area contributed by atoms with Crippen molar-refractivity contribution in [1.82, 2.24) is 5.32 Å². The first-order valence-corrected chi connectivity index (χ1v) is 5.14. The third kappa shape index (κ3) is 1.72. The van der Waals surface area contributed by atoms with Crippen LogP contribution >= 0.6 is 15.9 Å². The van der Waals surface area contributed by atoms with Crippen molar-refractivity contribution >= 4 is 15.9 Å². The van der Waals surface area contributed by atoms with E-state index in [1.165, 1.54) is 19.3 Å². The van der Waals surface area contributed by atoms with Gasteiger partial charge in [-0.1, -0.05) is 6.42 Å². The summed E-state index contributed by atoms with van der Waals surface area (Å²) in [6, 6.07) is 4.42. The van der Waals surface area contributed by atoms with Crippen LogP contribution in [0, 0.1) is 0 Å². The summed E-state index contributed by atoms with van der Waals surface area (Å²) in [4.78, 5) is 0. The van der Waals surface area contributed by atoms with E-state index < -0.39 is 0 Å². The lowest BCUT2D eigenvalue weighted by Gasteiger charge is -2.21. The monoisotopic (exact) mass is 229 g/mol. The van der Waals surface area contributed by atoms with E-state index in [2.05, 4.69) is 21.2 Å². The molecule has 12 heavy (non-hydrogen) atoms. The van der Waals surface area contributed by atoms with Crippen LogP contribution in [-0.4, -0.2) is 6.54 Å². The van der Waals surface area contributed by atoms with Crippen LogP contribution < -0.4 is 5.32 Å².